The van der Waals surface area contributed by atoms with Crippen molar-refractivity contribution in [3.05, 3.63) is 0 Å². The Labute approximate surface area is 127 Å². The molecule has 0 amide bonds. The van der Waals surface area contributed by atoms with Crippen LogP contribution in [0.1, 0.15) is 84.5 Å². The maximum absolute atomic E-state index is 3.60. The Morgan fingerprint density at radius 2 is 1.60 bits per heavy atom. The van der Waals surface area contributed by atoms with Crippen LogP contribution in [0, 0.1) is 0 Å². The number of nitrogens with zero attached hydrogens (tertiary/aromatic N) is 1. The van der Waals surface area contributed by atoms with Gasteiger partial charge in [0.25, 0.3) is 0 Å². The standard InChI is InChI=1S/C18H38N2/c1-3-5-6-7-8-9-10-11-15-20-16-12-13-18(20)17-19-14-4-2/h18-19H,3-17H2,1-2H3. The normalized spacial score (nSPS) is 19.8. The fraction of sp³-hybridized carbons (Fsp3) is 1.00. The average molecular weight is 283 g/mol. The van der Waals surface area contributed by atoms with E-state index < -0.39 is 0 Å². The molecule has 1 aliphatic heterocycles. The van der Waals surface area contributed by atoms with Crippen molar-refractivity contribution in [3.8, 4) is 0 Å². The summed E-state index contributed by atoms with van der Waals surface area (Å²) in [7, 11) is 0. The van der Waals surface area contributed by atoms with Gasteiger partial charge in [-0.1, -0.05) is 58.8 Å². The van der Waals surface area contributed by atoms with Gasteiger partial charge < -0.3 is 5.32 Å². The first-order valence-corrected chi connectivity index (χ1v) is 9.33. The van der Waals surface area contributed by atoms with E-state index in [4.69, 9.17) is 0 Å². The molecule has 0 aromatic heterocycles. The van der Waals surface area contributed by atoms with Crippen molar-refractivity contribution in [2.24, 2.45) is 0 Å². The lowest BCUT2D eigenvalue weighted by atomic mass is 10.1. The molecule has 2 heteroatoms. The molecule has 1 atom stereocenters. The van der Waals surface area contributed by atoms with Crippen molar-refractivity contribution in [2.75, 3.05) is 26.2 Å². The smallest absolute Gasteiger partial charge is 0.0221 e. The molecule has 0 spiro atoms. The molecular weight excluding hydrogens is 244 g/mol. The highest BCUT2D eigenvalue weighted by Gasteiger charge is 2.22. The van der Waals surface area contributed by atoms with Gasteiger partial charge in [-0.05, 0) is 45.3 Å². The van der Waals surface area contributed by atoms with Crippen LogP contribution in [0.15, 0.2) is 0 Å². The second-order valence-electron chi connectivity index (χ2n) is 6.51. The summed E-state index contributed by atoms with van der Waals surface area (Å²) < 4.78 is 0. The third-order valence-electron chi connectivity index (χ3n) is 4.60. The van der Waals surface area contributed by atoms with E-state index in [1.807, 2.05) is 0 Å². The van der Waals surface area contributed by atoms with Gasteiger partial charge in [0.15, 0.2) is 0 Å². The second-order valence-corrected chi connectivity index (χ2v) is 6.51. The molecule has 1 fully saturated rings. The molecule has 0 aliphatic carbocycles. The van der Waals surface area contributed by atoms with E-state index >= 15 is 0 Å². The van der Waals surface area contributed by atoms with E-state index in [1.165, 1.54) is 96.8 Å². The molecular formula is C18H38N2. The number of hydrogen-bond donors (Lipinski definition) is 1. The van der Waals surface area contributed by atoms with Crippen LogP contribution < -0.4 is 5.32 Å². The highest BCUT2D eigenvalue weighted by molar-refractivity contribution is 4.80. The topological polar surface area (TPSA) is 15.3 Å². The molecule has 1 heterocycles. The number of rotatable bonds is 13. The van der Waals surface area contributed by atoms with Crippen LogP contribution in [-0.2, 0) is 0 Å². The van der Waals surface area contributed by atoms with E-state index in [9.17, 15) is 0 Å². The van der Waals surface area contributed by atoms with E-state index in [0.29, 0.717) is 0 Å². The maximum Gasteiger partial charge on any atom is 0.0221 e. The molecule has 1 saturated heterocycles. The SMILES string of the molecule is CCCCCCCCCCN1CCCC1CNCCC. The molecule has 1 N–H and O–H groups in total. The van der Waals surface area contributed by atoms with Gasteiger partial charge in [-0.3, -0.25) is 4.90 Å². The number of hydrogen-bond acceptors (Lipinski definition) is 2. The van der Waals surface area contributed by atoms with Crippen molar-refractivity contribution >= 4 is 0 Å². The first-order chi connectivity index (χ1) is 9.88. The quantitative estimate of drug-likeness (QED) is 0.497. The lowest BCUT2D eigenvalue weighted by Gasteiger charge is -2.24. The fourth-order valence-corrected chi connectivity index (χ4v) is 3.31. The zero-order valence-corrected chi connectivity index (χ0v) is 14.1. The minimum absolute atomic E-state index is 0.825. The van der Waals surface area contributed by atoms with Gasteiger partial charge in [-0.15, -0.1) is 0 Å². The van der Waals surface area contributed by atoms with Crippen molar-refractivity contribution < 1.29 is 0 Å². The van der Waals surface area contributed by atoms with Gasteiger partial charge >= 0.3 is 0 Å². The van der Waals surface area contributed by atoms with Crippen molar-refractivity contribution in [1.82, 2.24) is 10.2 Å². The van der Waals surface area contributed by atoms with E-state index in [0.717, 1.165) is 6.04 Å². The van der Waals surface area contributed by atoms with Crippen LogP contribution in [0.4, 0.5) is 0 Å². The maximum atomic E-state index is 3.60. The predicted molar refractivity (Wildman–Crippen MR) is 90.4 cm³/mol. The van der Waals surface area contributed by atoms with Crippen LogP contribution in [-0.4, -0.2) is 37.1 Å². The molecule has 2 nitrogen and oxygen atoms in total. The summed E-state index contributed by atoms with van der Waals surface area (Å²) in [5.74, 6) is 0. The predicted octanol–water partition coefficient (Wildman–Crippen LogP) is 4.59. The first-order valence-electron chi connectivity index (χ1n) is 9.33. The monoisotopic (exact) mass is 282 g/mol. The van der Waals surface area contributed by atoms with Crippen molar-refractivity contribution in [1.29, 1.82) is 0 Å². The summed E-state index contributed by atoms with van der Waals surface area (Å²) in [4.78, 5) is 2.74. The van der Waals surface area contributed by atoms with E-state index in [1.54, 1.807) is 0 Å². The lowest BCUT2D eigenvalue weighted by molar-refractivity contribution is 0.242. The summed E-state index contributed by atoms with van der Waals surface area (Å²) in [5, 5.41) is 3.60. The highest BCUT2D eigenvalue weighted by Crippen LogP contribution is 2.18. The third-order valence-corrected chi connectivity index (χ3v) is 4.60. The Kier molecular flexibility index (Phi) is 11.4. The largest absolute Gasteiger partial charge is 0.315 e. The minimum Gasteiger partial charge on any atom is -0.315 e. The molecule has 0 aromatic carbocycles. The Hall–Kier alpha value is -0.0800. The number of likely N-dealkylation sites (tertiary alicyclic amines) is 1. The van der Waals surface area contributed by atoms with Gasteiger partial charge in [0.1, 0.15) is 0 Å². The third kappa shape index (κ3) is 8.26. The number of unbranched alkanes of at least 4 members (excludes halogenated alkanes) is 7. The molecule has 1 unspecified atom stereocenters. The van der Waals surface area contributed by atoms with Gasteiger partial charge in [-0.2, -0.15) is 0 Å². The summed E-state index contributed by atoms with van der Waals surface area (Å²) >= 11 is 0. The van der Waals surface area contributed by atoms with Gasteiger partial charge in [-0.25, -0.2) is 0 Å². The zero-order chi connectivity index (χ0) is 14.5. The average Bonchev–Trinajstić information content (AvgIpc) is 2.90. The highest BCUT2D eigenvalue weighted by atomic mass is 15.2. The van der Waals surface area contributed by atoms with E-state index in [-0.39, 0.29) is 0 Å². The lowest BCUT2D eigenvalue weighted by Crippen LogP contribution is -2.38. The Bertz CT molecular complexity index is 206. The zero-order valence-electron chi connectivity index (χ0n) is 14.1. The molecule has 0 aromatic rings. The van der Waals surface area contributed by atoms with Crippen LogP contribution in [0.5, 0.6) is 0 Å². The summed E-state index contributed by atoms with van der Waals surface area (Å²) in [6.45, 7) is 9.62. The molecule has 120 valence electrons. The first kappa shape index (κ1) is 18.0. The Morgan fingerprint density at radius 3 is 2.30 bits per heavy atom. The summed E-state index contributed by atoms with van der Waals surface area (Å²) in [6.07, 6.45) is 15.6. The summed E-state index contributed by atoms with van der Waals surface area (Å²) in [5.41, 5.74) is 0. The molecule has 0 saturated carbocycles. The fourth-order valence-electron chi connectivity index (χ4n) is 3.31. The number of nitrogens with one attached hydrogen (secondary N) is 1. The van der Waals surface area contributed by atoms with E-state index in [2.05, 4.69) is 24.1 Å². The van der Waals surface area contributed by atoms with Crippen LogP contribution in [0.25, 0.3) is 0 Å². The molecule has 1 rings (SSSR count). The Balaban J connectivity index is 1.94. The second kappa shape index (κ2) is 12.6. The summed E-state index contributed by atoms with van der Waals surface area (Å²) in [6, 6.07) is 0.825. The van der Waals surface area contributed by atoms with Crippen LogP contribution in [0.3, 0.4) is 0 Å². The van der Waals surface area contributed by atoms with Crippen LogP contribution in [0.2, 0.25) is 0 Å². The molecule has 0 radical (unpaired) electrons. The van der Waals surface area contributed by atoms with Gasteiger partial charge in [0.2, 0.25) is 0 Å². The van der Waals surface area contributed by atoms with Crippen LogP contribution >= 0.6 is 0 Å². The van der Waals surface area contributed by atoms with Gasteiger partial charge in [0, 0.05) is 12.6 Å². The van der Waals surface area contributed by atoms with Crippen molar-refractivity contribution in [3.63, 3.8) is 0 Å². The molecule has 20 heavy (non-hydrogen) atoms. The van der Waals surface area contributed by atoms with Crippen molar-refractivity contribution in [2.45, 2.75) is 90.5 Å². The van der Waals surface area contributed by atoms with Gasteiger partial charge in [0.05, 0.1) is 0 Å². The minimum atomic E-state index is 0.825. The molecule has 1 aliphatic rings. The Morgan fingerprint density at radius 1 is 0.900 bits per heavy atom. The molecule has 0 bridgehead atoms.